The maximum absolute atomic E-state index is 12.1. The zero-order valence-electron chi connectivity index (χ0n) is 11.4. The van der Waals surface area contributed by atoms with Gasteiger partial charge in [-0.3, -0.25) is 0 Å². The highest BCUT2D eigenvalue weighted by atomic mass is 32.2. The average Bonchev–Trinajstić information content (AvgIpc) is 2.31. The highest BCUT2D eigenvalue weighted by Gasteiger charge is 2.17. The molecule has 0 aromatic heterocycles. The van der Waals surface area contributed by atoms with Crippen LogP contribution >= 0.6 is 0 Å². The van der Waals surface area contributed by atoms with Crippen molar-refractivity contribution in [2.45, 2.75) is 38.5 Å². The van der Waals surface area contributed by atoms with Gasteiger partial charge in [-0.15, -0.1) is 0 Å². The minimum Gasteiger partial charge on any atom is -0.496 e. The van der Waals surface area contributed by atoms with Crippen molar-refractivity contribution in [3.63, 3.8) is 0 Å². The third-order valence-electron chi connectivity index (χ3n) is 2.80. The number of ether oxygens (including phenoxy) is 1. The van der Waals surface area contributed by atoms with Gasteiger partial charge in [-0.1, -0.05) is 13.3 Å². The molecular weight excluding hydrogens is 250 g/mol. The summed E-state index contributed by atoms with van der Waals surface area (Å²) >= 11 is 0. The van der Waals surface area contributed by atoms with E-state index in [0.717, 1.165) is 18.4 Å². The first kappa shape index (κ1) is 15.0. The second-order valence-corrected chi connectivity index (χ2v) is 6.07. The first-order valence-corrected chi connectivity index (χ1v) is 7.55. The fourth-order valence-electron chi connectivity index (χ4n) is 1.73. The van der Waals surface area contributed by atoms with Crippen LogP contribution in [0, 0.1) is 13.8 Å². The first-order chi connectivity index (χ1) is 8.42. The number of nitrogens with one attached hydrogen (secondary N) is 1. The lowest BCUT2D eigenvalue weighted by molar-refractivity contribution is 0.411. The van der Waals surface area contributed by atoms with Crippen molar-refractivity contribution in [1.82, 2.24) is 4.72 Å². The molecule has 1 aromatic rings. The molecule has 1 aromatic carbocycles. The van der Waals surface area contributed by atoms with Crippen LogP contribution in [0.2, 0.25) is 0 Å². The van der Waals surface area contributed by atoms with E-state index in [-0.39, 0.29) is 0 Å². The zero-order chi connectivity index (χ0) is 13.8. The van der Waals surface area contributed by atoms with E-state index < -0.39 is 10.0 Å². The Hall–Kier alpha value is -1.07. The molecule has 0 radical (unpaired) electrons. The predicted octanol–water partition coefficient (Wildman–Crippen LogP) is 2.39. The molecule has 0 aliphatic heterocycles. The number of methoxy groups -OCH3 is 1. The standard InChI is InChI=1S/C13H21NO3S/c1-5-6-7-14-18(15,16)13-9-10(2)12(17-4)8-11(13)3/h8-9,14H,5-7H2,1-4H3. The van der Waals surface area contributed by atoms with Crippen molar-refractivity contribution in [1.29, 1.82) is 0 Å². The van der Waals surface area contributed by atoms with E-state index >= 15 is 0 Å². The van der Waals surface area contributed by atoms with Gasteiger partial charge in [0, 0.05) is 6.54 Å². The molecule has 0 aliphatic rings. The molecule has 0 aliphatic carbocycles. The Balaban J connectivity index is 3.05. The molecule has 0 amide bonds. The number of hydrogen-bond acceptors (Lipinski definition) is 3. The molecule has 18 heavy (non-hydrogen) atoms. The molecule has 0 saturated heterocycles. The second-order valence-electron chi connectivity index (χ2n) is 4.34. The minimum atomic E-state index is -3.42. The molecular formula is C13H21NO3S. The third kappa shape index (κ3) is 3.46. The van der Waals surface area contributed by atoms with E-state index in [1.807, 2.05) is 13.8 Å². The Labute approximate surface area is 109 Å². The average molecular weight is 271 g/mol. The first-order valence-electron chi connectivity index (χ1n) is 6.07. The van der Waals surface area contributed by atoms with Crippen LogP contribution in [0.3, 0.4) is 0 Å². The number of rotatable bonds is 6. The minimum absolute atomic E-state index is 0.330. The van der Waals surface area contributed by atoms with Gasteiger partial charge in [-0.25, -0.2) is 13.1 Å². The molecule has 0 atom stereocenters. The smallest absolute Gasteiger partial charge is 0.240 e. The molecule has 1 rings (SSSR count). The summed E-state index contributed by atoms with van der Waals surface area (Å²) in [5.74, 6) is 0.708. The fraction of sp³-hybridized carbons (Fsp3) is 0.538. The molecule has 0 saturated carbocycles. The Kier molecular flexibility index (Phi) is 5.16. The SMILES string of the molecule is CCCCNS(=O)(=O)c1cc(C)c(OC)cc1C. The molecule has 102 valence electrons. The van der Waals surface area contributed by atoms with Crippen molar-refractivity contribution >= 4 is 10.0 Å². The number of hydrogen-bond donors (Lipinski definition) is 1. The van der Waals surface area contributed by atoms with Crippen LogP contribution in [0.5, 0.6) is 5.75 Å². The van der Waals surface area contributed by atoms with E-state index in [9.17, 15) is 8.42 Å². The van der Waals surface area contributed by atoms with Gasteiger partial charge in [0.25, 0.3) is 0 Å². The molecule has 0 spiro atoms. The van der Waals surface area contributed by atoms with Gasteiger partial charge in [0.05, 0.1) is 12.0 Å². The molecule has 1 N–H and O–H groups in total. The van der Waals surface area contributed by atoms with Crippen LogP contribution in [0.25, 0.3) is 0 Å². The predicted molar refractivity (Wildman–Crippen MR) is 72.6 cm³/mol. The van der Waals surface area contributed by atoms with Crippen LogP contribution in [-0.4, -0.2) is 22.1 Å². The Morgan fingerprint density at radius 3 is 2.44 bits per heavy atom. The molecule has 0 heterocycles. The van der Waals surface area contributed by atoms with Gasteiger partial charge in [-0.05, 0) is 43.5 Å². The van der Waals surface area contributed by atoms with Crippen molar-refractivity contribution < 1.29 is 13.2 Å². The maximum Gasteiger partial charge on any atom is 0.240 e. The van der Waals surface area contributed by atoms with Crippen LogP contribution in [0.4, 0.5) is 0 Å². The van der Waals surface area contributed by atoms with Gasteiger partial charge in [0.1, 0.15) is 5.75 Å². The van der Waals surface area contributed by atoms with Gasteiger partial charge in [0.15, 0.2) is 0 Å². The van der Waals surface area contributed by atoms with Crippen LogP contribution < -0.4 is 9.46 Å². The monoisotopic (exact) mass is 271 g/mol. The van der Waals surface area contributed by atoms with E-state index in [2.05, 4.69) is 4.72 Å². The van der Waals surface area contributed by atoms with Gasteiger partial charge in [-0.2, -0.15) is 0 Å². The van der Waals surface area contributed by atoms with E-state index in [0.29, 0.717) is 22.8 Å². The van der Waals surface area contributed by atoms with Crippen LogP contribution in [0.15, 0.2) is 17.0 Å². The summed E-state index contributed by atoms with van der Waals surface area (Å²) in [7, 11) is -1.84. The van der Waals surface area contributed by atoms with Crippen molar-refractivity contribution in [2.75, 3.05) is 13.7 Å². The number of sulfonamides is 1. The lowest BCUT2D eigenvalue weighted by Gasteiger charge is -2.12. The lowest BCUT2D eigenvalue weighted by Crippen LogP contribution is -2.25. The highest BCUT2D eigenvalue weighted by Crippen LogP contribution is 2.25. The normalized spacial score (nSPS) is 11.6. The largest absolute Gasteiger partial charge is 0.496 e. The summed E-state index contributed by atoms with van der Waals surface area (Å²) in [5, 5.41) is 0. The Morgan fingerprint density at radius 1 is 1.22 bits per heavy atom. The van der Waals surface area contributed by atoms with E-state index in [4.69, 9.17) is 4.74 Å². The van der Waals surface area contributed by atoms with E-state index in [1.54, 1.807) is 26.2 Å². The van der Waals surface area contributed by atoms with Gasteiger partial charge < -0.3 is 4.74 Å². The maximum atomic E-state index is 12.1. The molecule has 5 heteroatoms. The van der Waals surface area contributed by atoms with Crippen LogP contribution in [-0.2, 0) is 10.0 Å². The summed E-state index contributed by atoms with van der Waals surface area (Å²) in [6.07, 6.45) is 1.80. The fourth-order valence-corrected chi connectivity index (χ4v) is 3.12. The lowest BCUT2D eigenvalue weighted by atomic mass is 10.1. The Morgan fingerprint density at radius 2 is 1.89 bits per heavy atom. The quantitative estimate of drug-likeness (QED) is 0.808. The van der Waals surface area contributed by atoms with Crippen molar-refractivity contribution in [3.05, 3.63) is 23.3 Å². The summed E-state index contributed by atoms with van der Waals surface area (Å²) in [5.41, 5.74) is 1.51. The highest BCUT2D eigenvalue weighted by molar-refractivity contribution is 7.89. The summed E-state index contributed by atoms with van der Waals surface area (Å²) < 4.78 is 32.0. The van der Waals surface area contributed by atoms with Gasteiger partial charge in [0.2, 0.25) is 10.0 Å². The zero-order valence-corrected chi connectivity index (χ0v) is 12.2. The number of unbranched alkanes of at least 4 members (excludes halogenated alkanes) is 1. The third-order valence-corrected chi connectivity index (χ3v) is 4.41. The molecule has 0 fully saturated rings. The summed E-state index contributed by atoms with van der Waals surface area (Å²) in [6, 6.07) is 3.41. The number of aryl methyl sites for hydroxylation is 2. The topological polar surface area (TPSA) is 55.4 Å². The van der Waals surface area contributed by atoms with Crippen LogP contribution in [0.1, 0.15) is 30.9 Å². The van der Waals surface area contributed by atoms with E-state index in [1.165, 1.54) is 0 Å². The number of benzene rings is 1. The molecule has 0 bridgehead atoms. The second kappa shape index (κ2) is 6.20. The summed E-state index contributed by atoms with van der Waals surface area (Å²) in [6.45, 7) is 6.11. The van der Waals surface area contributed by atoms with Crippen molar-refractivity contribution in [2.24, 2.45) is 0 Å². The van der Waals surface area contributed by atoms with Crippen molar-refractivity contribution in [3.8, 4) is 5.75 Å². The molecule has 4 nitrogen and oxygen atoms in total. The Bertz CT molecular complexity index is 509. The molecule has 0 unspecified atom stereocenters. The summed E-state index contributed by atoms with van der Waals surface area (Å²) in [4.78, 5) is 0.330. The van der Waals surface area contributed by atoms with Gasteiger partial charge >= 0.3 is 0 Å².